The van der Waals surface area contributed by atoms with Crippen LogP contribution in [0.4, 0.5) is 5.82 Å². The number of aryl methyl sites for hydroxylation is 1. The highest BCUT2D eigenvalue weighted by atomic mass is 15.3. The van der Waals surface area contributed by atoms with Gasteiger partial charge in [0.2, 0.25) is 0 Å². The molecule has 0 amide bonds. The molecule has 2 aromatic heterocycles. The number of rotatable bonds is 4. The molecule has 0 radical (unpaired) electrons. The molecule has 1 saturated heterocycles. The highest BCUT2D eigenvalue weighted by Crippen LogP contribution is 2.32. The predicted octanol–water partition coefficient (Wildman–Crippen LogP) is 2.13. The number of pyridine rings is 1. The molecule has 138 valence electrons. The molecule has 6 nitrogen and oxygen atoms in total. The second-order valence-corrected chi connectivity index (χ2v) is 7.53. The first kappa shape index (κ1) is 17.4. The van der Waals surface area contributed by atoms with Gasteiger partial charge in [0.25, 0.3) is 0 Å². The molecule has 6 heteroatoms. The maximum atomic E-state index is 4.67. The number of fused-ring (bicyclic) bond motifs is 1. The van der Waals surface area contributed by atoms with Crippen molar-refractivity contribution in [3.8, 4) is 0 Å². The predicted molar refractivity (Wildman–Crippen MR) is 103 cm³/mol. The fraction of sp³-hybridized carbons (Fsp3) is 0.550. The number of anilines is 1. The number of hydrogen-bond acceptors (Lipinski definition) is 6. The van der Waals surface area contributed by atoms with Gasteiger partial charge in [0, 0.05) is 45.0 Å². The summed E-state index contributed by atoms with van der Waals surface area (Å²) in [5.74, 6) is 1.05. The molecule has 0 saturated carbocycles. The standard InChI is InChI=1S/C20H28N6/c1-24-9-11-26(12-10-24)19-13-17(22-15-23-19)14-25(2)18-7-3-5-16-6-4-8-21-20(16)18/h4,6,8,13,15,18H,3,5,7,9-12,14H2,1-2H3/t18-/m1/s1. The lowest BCUT2D eigenvalue weighted by molar-refractivity contribution is 0.206. The summed E-state index contributed by atoms with van der Waals surface area (Å²) in [7, 11) is 4.36. The second kappa shape index (κ2) is 7.68. The van der Waals surface area contributed by atoms with Crippen molar-refractivity contribution in [3.05, 3.63) is 47.7 Å². The smallest absolute Gasteiger partial charge is 0.132 e. The summed E-state index contributed by atoms with van der Waals surface area (Å²) < 4.78 is 0. The van der Waals surface area contributed by atoms with Gasteiger partial charge in [0.1, 0.15) is 12.1 Å². The van der Waals surface area contributed by atoms with E-state index in [-0.39, 0.29) is 0 Å². The normalized spacial score (nSPS) is 21.0. The van der Waals surface area contributed by atoms with Gasteiger partial charge >= 0.3 is 0 Å². The van der Waals surface area contributed by atoms with E-state index in [0.717, 1.165) is 57.1 Å². The molecule has 0 N–H and O–H groups in total. The average molecular weight is 352 g/mol. The third-order valence-electron chi connectivity index (χ3n) is 5.65. The molecule has 2 aliphatic rings. The van der Waals surface area contributed by atoms with Gasteiger partial charge in [-0.15, -0.1) is 0 Å². The molecule has 26 heavy (non-hydrogen) atoms. The fourth-order valence-electron chi connectivity index (χ4n) is 4.06. The lowest BCUT2D eigenvalue weighted by atomic mass is 9.91. The largest absolute Gasteiger partial charge is 0.354 e. The minimum atomic E-state index is 0.377. The minimum absolute atomic E-state index is 0.377. The first-order valence-electron chi connectivity index (χ1n) is 9.59. The number of piperazine rings is 1. The zero-order valence-electron chi connectivity index (χ0n) is 15.8. The van der Waals surface area contributed by atoms with Gasteiger partial charge in [-0.3, -0.25) is 9.88 Å². The molecule has 1 aliphatic heterocycles. The van der Waals surface area contributed by atoms with Crippen molar-refractivity contribution in [2.45, 2.75) is 31.8 Å². The van der Waals surface area contributed by atoms with Gasteiger partial charge in [0.05, 0.1) is 17.4 Å². The Morgan fingerprint density at radius 3 is 2.85 bits per heavy atom. The molecule has 1 atom stereocenters. The third-order valence-corrected chi connectivity index (χ3v) is 5.65. The minimum Gasteiger partial charge on any atom is -0.354 e. The van der Waals surface area contributed by atoms with Gasteiger partial charge in [-0.05, 0) is 45.0 Å². The number of likely N-dealkylation sites (N-methyl/N-ethyl adjacent to an activating group) is 1. The summed E-state index contributed by atoms with van der Waals surface area (Å²) in [6.45, 7) is 5.06. The van der Waals surface area contributed by atoms with Crippen LogP contribution >= 0.6 is 0 Å². The van der Waals surface area contributed by atoms with Crippen molar-refractivity contribution in [3.63, 3.8) is 0 Å². The van der Waals surface area contributed by atoms with Crippen LogP contribution in [0.25, 0.3) is 0 Å². The van der Waals surface area contributed by atoms with Crippen molar-refractivity contribution in [2.24, 2.45) is 0 Å². The van der Waals surface area contributed by atoms with E-state index in [4.69, 9.17) is 0 Å². The Hall–Kier alpha value is -2.05. The van der Waals surface area contributed by atoms with Crippen LogP contribution in [-0.4, -0.2) is 65.0 Å². The topological polar surface area (TPSA) is 48.4 Å². The maximum absolute atomic E-state index is 4.67. The van der Waals surface area contributed by atoms with E-state index in [2.05, 4.69) is 55.9 Å². The second-order valence-electron chi connectivity index (χ2n) is 7.53. The maximum Gasteiger partial charge on any atom is 0.132 e. The van der Waals surface area contributed by atoms with E-state index in [9.17, 15) is 0 Å². The van der Waals surface area contributed by atoms with Gasteiger partial charge < -0.3 is 9.80 Å². The average Bonchev–Trinajstić information content (AvgIpc) is 2.68. The summed E-state index contributed by atoms with van der Waals surface area (Å²) in [5.41, 5.74) is 3.73. The summed E-state index contributed by atoms with van der Waals surface area (Å²) in [6, 6.07) is 6.80. The van der Waals surface area contributed by atoms with E-state index in [1.807, 2.05) is 12.3 Å². The number of nitrogens with zero attached hydrogens (tertiary/aromatic N) is 6. The Morgan fingerprint density at radius 1 is 1.15 bits per heavy atom. The van der Waals surface area contributed by atoms with Crippen LogP contribution in [0.2, 0.25) is 0 Å². The quantitative estimate of drug-likeness (QED) is 0.840. The van der Waals surface area contributed by atoms with Crippen LogP contribution in [-0.2, 0) is 13.0 Å². The summed E-state index contributed by atoms with van der Waals surface area (Å²) >= 11 is 0. The third kappa shape index (κ3) is 3.71. The van der Waals surface area contributed by atoms with Crippen LogP contribution in [0.5, 0.6) is 0 Å². The first-order chi connectivity index (χ1) is 12.7. The van der Waals surface area contributed by atoms with Crippen LogP contribution < -0.4 is 4.90 Å². The Morgan fingerprint density at radius 2 is 2.00 bits per heavy atom. The monoisotopic (exact) mass is 352 g/mol. The van der Waals surface area contributed by atoms with E-state index < -0.39 is 0 Å². The fourth-order valence-corrected chi connectivity index (χ4v) is 4.06. The zero-order valence-corrected chi connectivity index (χ0v) is 15.8. The van der Waals surface area contributed by atoms with Crippen molar-refractivity contribution < 1.29 is 0 Å². The number of aromatic nitrogens is 3. The Kier molecular flexibility index (Phi) is 5.13. The molecule has 4 rings (SSSR count). The van der Waals surface area contributed by atoms with Crippen molar-refractivity contribution in [1.82, 2.24) is 24.8 Å². The Balaban J connectivity index is 1.47. The van der Waals surface area contributed by atoms with E-state index in [1.54, 1.807) is 6.33 Å². The summed E-state index contributed by atoms with van der Waals surface area (Å²) in [4.78, 5) is 20.8. The lowest BCUT2D eigenvalue weighted by Crippen LogP contribution is -2.44. The number of hydrogen-bond donors (Lipinski definition) is 0. The van der Waals surface area contributed by atoms with E-state index in [0.29, 0.717) is 6.04 Å². The molecule has 0 spiro atoms. The molecular weight excluding hydrogens is 324 g/mol. The van der Waals surface area contributed by atoms with Crippen molar-refractivity contribution in [1.29, 1.82) is 0 Å². The molecule has 0 bridgehead atoms. The highest BCUT2D eigenvalue weighted by Gasteiger charge is 2.25. The molecular formula is C20H28N6. The van der Waals surface area contributed by atoms with Crippen LogP contribution in [0.15, 0.2) is 30.7 Å². The Bertz CT molecular complexity index is 741. The lowest BCUT2D eigenvalue weighted by Gasteiger charge is -2.34. The summed E-state index contributed by atoms with van der Waals surface area (Å²) in [6.07, 6.45) is 7.17. The van der Waals surface area contributed by atoms with Gasteiger partial charge in [0.15, 0.2) is 0 Å². The molecule has 3 heterocycles. The zero-order chi connectivity index (χ0) is 17.9. The van der Waals surface area contributed by atoms with Gasteiger partial charge in [-0.2, -0.15) is 0 Å². The van der Waals surface area contributed by atoms with Crippen molar-refractivity contribution >= 4 is 5.82 Å². The SMILES string of the molecule is CN1CCN(c2cc(CN(C)[C@@H]3CCCc4cccnc43)ncn2)CC1. The van der Waals surface area contributed by atoms with E-state index in [1.165, 1.54) is 17.7 Å². The van der Waals surface area contributed by atoms with Crippen LogP contribution in [0.1, 0.15) is 35.8 Å². The van der Waals surface area contributed by atoms with Crippen LogP contribution in [0.3, 0.4) is 0 Å². The molecule has 0 aromatic carbocycles. The molecule has 1 aliphatic carbocycles. The van der Waals surface area contributed by atoms with E-state index >= 15 is 0 Å². The van der Waals surface area contributed by atoms with Gasteiger partial charge in [-0.1, -0.05) is 6.07 Å². The first-order valence-corrected chi connectivity index (χ1v) is 9.59. The molecule has 2 aromatic rings. The molecule has 1 fully saturated rings. The molecule has 0 unspecified atom stereocenters. The van der Waals surface area contributed by atoms with Crippen LogP contribution in [0, 0.1) is 0 Å². The van der Waals surface area contributed by atoms with Crippen molar-refractivity contribution in [2.75, 3.05) is 45.2 Å². The summed E-state index contributed by atoms with van der Waals surface area (Å²) in [5, 5.41) is 0. The Labute approximate surface area is 155 Å². The van der Waals surface area contributed by atoms with Gasteiger partial charge in [-0.25, -0.2) is 9.97 Å². The highest BCUT2D eigenvalue weighted by molar-refractivity contribution is 5.39.